The average Bonchev–Trinajstić information content (AvgIpc) is 3.03. The number of fused-ring (bicyclic) bond motifs is 1. The summed E-state index contributed by atoms with van der Waals surface area (Å²) in [4.78, 5) is 35.4. The Labute approximate surface area is 167 Å². The minimum Gasteiger partial charge on any atom is -0.340 e. The summed E-state index contributed by atoms with van der Waals surface area (Å²) in [5.41, 5.74) is 2.22. The monoisotopic (exact) mass is 387 g/mol. The molecule has 2 aromatic rings. The van der Waals surface area contributed by atoms with Gasteiger partial charge >= 0.3 is 0 Å². The zero-order valence-electron chi connectivity index (χ0n) is 18.0. The van der Waals surface area contributed by atoms with Crippen LogP contribution in [0.15, 0.2) is 18.3 Å². The molecule has 2 amide bonds. The average molecular weight is 388 g/mol. The van der Waals surface area contributed by atoms with Crippen molar-refractivity contribution in [3.63, 3.8) is 0 Å². The highest BCUT2D eigenvalue weighted by Gasteiger charge is 2.22. The second-order valence-corrected chi connectivity index (χ2v) is 7.44. The maximum absolute atomic E-state index is 12.9. The van der Waals surface area contributed by atoms with E-state index in [9.17, 15) is 9.59 Å². The van der Waals surface area contributed by atoms with Crippen LogP contribution in [-0.4, -0.2) is 71.8 Å². The van der Waals surface area contributed by atoms with E-state index in [1.807, 2.05) is 55.7 Å². The van der Waals surface area contributed by atoms with E-state index >= 15 is 0 Å². The number of aryl methyl sites for hydroxylation is 1. The van der Waals surface area contributed by atoms with Crippen molar-refractivity contribution in [1.82, 2.24) is 19.2 Å². The molecule has 0 aliphatic heterocycles. The fraction of sp³-hybridized carbons (Fsp3) is 0.571. The normalized spacial score (nSPS) is 11.2. The fourth-order valence-electron chi connectivity index (χ4n) is 3.13. The Morgan fingerprint density at radius 3 is 2.36 bits per heavy atom. The maximum atomic E-state index is 12.9. The van der Waals surface area contributed by atoms with Crippen LogP contribution in [0.1, 0.15) is 49.7 Å². The predicted molar refractivity (Wildman–Crippen MR) is 113 cm³/mol. The van der Waals surface area contributed by atoms with E-state index in [-0.39, 0.29) is 11.8 Å². The zero-order chi connectivity index (χ0) is 20.8. The van der Waals surface area contributed by atoms with Crippen molar-refractivity contribution in [2.75, 3.05) is 45.7 Å². The van der Waals surface area contributed by atoms with Crippen LogP contribution in [0.3, 0.4) is 0 Å². The van der Waals surface area contributed by atoms with Gasteiger partial charge in [0.05, 0.1) is 11.3 Å². The number of nitrogens with zero attached hydrogens (tertiary/aromatic N) is 5. The summed E-state index contributed by atoms with van der Waals surface area (Å²) in [6.45, 7) is 7.82. The Kier molecular flexibility index (Phi) is 7.57. The Bertz CT molecular complexity index is 828. The number of anilines is 1. The van der Waals surface area contributed by atoms with Gasteiger partial charge in [-0.1, -0.05) is 20.3 Å². The third kappa shape index (κ3) is 4.90. The minimum atomic E-state index is -0.0376. The molecule has 0 radical (unpaired) electrons. The van der Waals surface area contributed by atoms with Crippen LogP contribution in [-0.2, 0) is 11.2 Å². The third-order valence-corrected chi connectivity index (χ3v) is 4.84. The second-order valence-electron chi connectivity index (χ2n) is 7.44. The number of hydrogen-bond acceptors (Lipinski definition) is 4. The summed E-state index contributed by atoms with van der Waals surface area (Å²) in [5.74, 6) is 0.734. The molecule has 7 heteroatoms. The van der Waals surface area contributed by atoms with Crippen molar-refractivity contribution in [3.8, 4) is 0 Å². The van der Waals surface area contributed by atoms with Crippen LogP contribution >= 0.6 is 0 Å². The zero-order valence-corrected chi connectivity index (χ0v) is 18.0. The first-order valence-electron chi connectivity index (χ1n) is 9.99. The van der Waals surface area contributed by atoms with Crippen LogP contribution in [0.5, 0.6) is 0 Å². The lowest BCUT2D eigenvalue weighted by Gasteiger charge is -2.22. The first-order chi connectivity index (χ1) is 13.3. The fourth-order valence-corrected chi connectivity index (χ4v) is 3.13. The molecule has 2 aromatic heterocycles. The highest BCUT2D eigenvalue weighted by atomic mass is 16.2. The molecule has 154 valence electrons. The smallest absolute Gasteiger partial charge is 0.255 e. The Morgan fingerprint density at radius 2 is 1.79 bits per heavy atom. The number of pyridine rings is 1. The van der Waals surface area contributed by atoms with Gasteiger partial charge in [-0.2, -0.15) is 0 Å². The molecular weight excluding hydrogens is 354 g/mol. The molecule has 0 aliphatic carbocycles. The number of rotatable bonds is 9. The van der Waals surface area contributed by atoms with E-state index in [0.29, 0.717) is 18.7 Å². The van der Waals surface area contributed by atoms with Crippen molar-refractivity contribution in [2.45, 2.75) is 40.0 Å². The number of carbonyl (C=O) groups is 2. The van der Waals surface area contributed by atoms with Crippen LogP contribution in [0.25, 0.3) is 5.65 Å². The minimum absolute atomic E-state index is 0.00946. The molecule has 0 saturated carbocycles. The van der Waals surface area contributed by atoms with E-state index in [2.05, 4.69) is 11.9 Å². The lowest BCUT2D eigenvalue weighted by atomic mass is 10.2. The Hall–Kier alpha value is -2.41. The lowest BCUT2D eigenvalue weighted by Crippen LogP contribution is -2.34. The van der Waals surface area contributed by atoms with Gasteiger partial charge in [0.2, 0.25) is 5.91 Å². The Morgan fingerprint density at radius 1 is 1.07 bits per heavy atom. The number of unbranched alkanes of at least 4 members (excludes halogenated alkanes) is 1. The SMILES string of the molecule is CCCCN(C(C)=O)c1c(CC)nc2ccc(C(=O)N(C)CCN(C)C)cn12. The number of amides is 2. The highest BCUT2D eigenvalue weighted by molar-refractivity contribution is 5.95. The molecule has 28 heavy (non-hydrogen) atoms. The van der Waals surface area contributed by atoms with Gasteiger partial charge in [-0.15, -0.1) is 0 Å². The lowest BCUT2D eigenvalue weighted by molar-refractivity contribution is -0.116. The van der Waals surface area contributed by atoms with Gasteiger partial charge in [-0.25, -0.2) is 4.98 Å². The molecule has 0 atom stereocenters. The van der Waals surface area contributed by atoms with Crippen molar-refractivity contribution in [3.05, 3.63) is 29.6 Å². The summed E-state index contributed by atoms with van der Waals surface area (Å²) < 4.78 is 1.89. The predicted octanol–water partition coefficient (Wildman–Crippen LogP) is 2.68. The van der Waals surface area contributed by atoms with Gasteiger partial charge < -0.3 is 9.80 Å². The summed E-state index contributed by atoms with van der Waals surface area (Å²) in [5, 5.41) is 0. The summed E-state index contributed by atoms with van der Waals surface area (Å²) in [7, 11) is 5.79. The van der Waals surface area contributed by atoms with Crippen LogP contribution in [0.2, 0.25) is 0 Å². The van der Waals surface area contributed by atoms with Gasteiger partial charge in [0.15, 0.2) is 0 Å². The van der Waals surface area contributed by atoms with E-state index in [1.165, 1.54) is 0 Å². The van der Waals surface area contributed by atoms with Crippen LogP contribution in [0.4, 0.5) is 5.82 Å². The molecule has 0 fully saturated rings. The largest absolute Gasteiger partial charge is 0.340 e. The van der Waals surface area contributed by atoms with Gasteiger partial charge in [0.25, 0.3) is 5.91 Å². The number of imidazole rings is 1. The Balaban J connectivity index is 2.45. The van der Waals surface area contributed by atoms with E-state index in [0.717, 1.165) is 43.0 Å². The topological polar surface area (TPSA) is 61.2 Å². The molecule has 0 spiro atoms. The second kappa shape index (κ2) is 9.68. The maximum Gasteiger partial charge on any atom is 0.255 e. The molecule has 0 aliphatic rings. The van der Waals surface area contributed by atoms with Crippen LogP contribution in [0, 0.1) is 0 Å². The van der Waals surface area contributed by atoms with E-state index in [1.54, 1.807) is 16.7 Å². The first kappa shape index (κ1) is 21.9. The third-order valence-electron chi connectivity index (χ3n) is 4.84. The van der Waals surface area contributed by atoms with Gasteiger partial charge in [0.1, 0.15) is 11.5 Å². The summed E-state index contributed by atoms with van der Waals surface area (Å²) in [6.07, 6.45) is 4.45. The molecule has 0 bridgehead atoms. The molecule has 2 heterocycles. The first-order valence-corrected chi connectivity index (χ1v) is 9.99. The van der Waals surface area contributed by atoms with Crippen molar-refractivity contribution in [2.24, 2.45) is 0 Å². The summed E-state index contributed by atoms with van der Waals surface area (Å²) in [6, 6.07) is 3.66. The van der Waals surface area contributed by atoms with Gasteiger partial charge in [-0.3, -0.25) is 18.9 Å². The summed E-state index contributed by atoms with van der Waals surface area (Å²) >= 11 is 0. The quantitative estimate of drug-likeness (QED) is 0.664. The van der Waals surface area contributed by atoms with E-state index in [4.69, 9.17) is 0 Å². The molecular formula is C21H33N5O2. The molecule has 7 nitrogen and oxygen atoms in total. The molecule has 0 aromatic carbocycles. The number of hydrogen-bond donors (Lipinski definition) is 0. The number of carbonyl (C=O) groups excluding carboxylic acids is 2. The molecule has 0 saturated heterocycles. The highest BCUT2D eigenvalue weighted by Crippen LogP contribution is 2.25. The molecule has 0 N–H and O–H groups in total. The molecule has 2 rings (SSSR count). The molecule has 0 unspecified atom stereocenters. The standard InChI is InChI=1S/C21H33N5O2/c1-7-9-12-25(16(3)27)20-18(8-2)22-19-11-10-17(15-26(19)20)21(28)24(6)14-13-23(4)5/h10-11,15H,7-9,12-14H2,1-6H3. The number of aromatic nitrogens is 2. The van der Waals surface area contributed by atoms with Gasteiger partial charge in [-0.05, 0) is 39.1 Å². The number of likely N-dealkylation sites (N-methyl/N-ethyl adjacent to an activating group) is 2. The van der Waals surface area contributed by atoms with Crippen molar-refractivity contribution < 1.29 is 9.59 Å². The van der Waals surface area contributed by atoms with E-state index < -0.39 is 0 Å². The van der Waals surface area contributed by atoms with Crippen molar-refractivity contribution >= 4 is 23.3 Å². The van der Waals surface area contributed by atoms with Gasteiger partial charge in [0, 0.05) is 39.8 Å². The van der Waals surface area contributed by atoms with Crippen molar-refractivity contribution in [1.29, 1.82) is 0 Å². The van der Waals surface area contributed by atoms with Crippen LogP contribution < -0.4 is 4.90 Å².